The van der Waals surface area contributed by atoms with Crippen LogP contribution in [0.3, 0.4) is 0 Å². The molecule has 7 heteroatoms. The van der Waals surface area contributed by atoms with E-state index in [4.69, 9.17) is 4.42 Å². The molecule has 1 aliphatic rings. The Bertz CT molecular complexity index is 923. The van der Waals surface area contributed by atoms with Crippen molar-refractivity contribution in [3.05, 3.63) is 48.9 Å². The SMILES string of the molecule is O=S(=O)(c1ccco1)n1ccc2c(N3CCNCC3)cccc21. The number of hydrogen-bond donors (Lipinski definition) is 1. The van der Waals surface area contributed by atoms with Gasteiger partial charge >= 0.3 is 10.0 Å². The maximum atomic E-state index is 12.7. The van der Waals surface area contributed by atoms with Crippen LogP contribution in [0.2, 0.25) is 0 Å². The van der Waals surface area contributed by atoms with Crippen LogP contribution in [0.1, 0.15) is 0 Å². The Labute approximate surface area is 134 Å². The van der Waals surface area contributed by atoms with E-state index >= 15 is 0 Å². The van der Waals surface area contributed by atoms with Crippen LogP contribution in [0.25, 0.3) is 10.9 Å². The zero-order valence-corrected chi connectivity index (χ0v) is 13.3. The molecule has 3 aromatic rings. The highest BCUT2D eigenvalue weighted by molar-refractivity contribution is 7.90. The Morgan fingerprint density at radius 2 is 1.87 bits per heavy atom. The van der Waals surface area contributed by atoms with Crippen LogP contribution in [0, 0.1) is 0 Å². The number of fused-ring (bicyclic) bond motifs is 1. The number of nitrogens with zero attached hydrogens (tertiary/aromatic N) is 2. The van der Waals surface area contributed by atoms with Gasteiger partial charge in [0.2, 0.25) is 5.09 Å². The normalized spacial score (nSPS) is 16.1. The average molecular weight is 331 g/mol. The zero-order valence-electron chi connectivity index (χ0n) is 12.5. The fourth-order valence-electron chi connectivity index (χ4n) is 3.02. The Kier molecular flexibility index (Phi) is 3.39. The van der Waals surface area contributed by atoms with Crippen molar-refractivity contribution in [1.82, 2.24) is 9.29 Å². The van der Waals surface area contributed by atoms with Gasteiger partial charge in [-0.25, -0.2) is 3.97 Å². The van der Waals surface area contributed by atoms with Crippen LogP contribution < -0.4 is 10.2 Å². The summed E-state index contributed by atoms with van der Waals surface area (Å²) < 4.78 is 31.8. The van der Waals surface area contributed by atoms with Gasteiger partial charge in [0.05, 0.1) is 11.8 Å². The highest BCUT2D eigenvalue weighted by atomic mass is 32.2. The number of hydrogen-bond acceptors (Lipinski definition) is 5. The van der Waals surface area contributed by atoms with E-state index in [1.165, 1.54) is 16.3 Å². The summed E-state index contributed by atoms with van der Waals surface area (Å²) in [7, 11) is -3.71. The summed E-state index contributed by atoms with van der Waals surface area (Å²) >= 11 is 0. The van der Waals surface area contributed by atoms with Crippen LogP contribution in [-0.2, 0) is 10.0 Å². The number of piperazine rings is 1. The molecule has 0 radical (unpaired) electrons. The molecule has 120 valence electrons. The summed E-state index contributed by atoms with van der Waals surface area (Å²) in [6, 6.07) is 10.6. The van der Waals surface area contributed by atoms with Crippen molar-refractivity contribution in [1.29, 1.82) is 0 Å². The molecular formula is C16H17N3O3S. The summed E-state index contributed by atoms with van der Waals surface area (Å²) in [5.74, 6) is 0. The second-order valence-electron chi connectivity index (χ2n) is 5.50. The first-order chi connectivity index (χ1) is 11.2. The van der Waals surface area contributed by atoms with Gasteiger partial charge in [-0.2, -0.15) is 8.42 Å². The van der Waals surface area contributed by atoms with E-state index in [0.717, 1.165) is 37.3 Å². The molecule has 1 saturated heterocycles. The molecule has 0 saturated carbocycles. The van der Waals surface area contributed by atoms with E-state index < -0.39 is 10.0 Å². The Hall–Kier alpha value is -2.25. The second-order valence-corrected chi connectivity index (χ2v) is 7.24. The van der Waals surface area contributed by atoms with Crippen LogP contribution in [-0.4, -0.2) is 38.6 Å². The minimum atomic E-state index is -3.71. The topological polar surface area (TPSA) is 67.5 Å². The van der Waals surface area contributed by atoms with Gasteiger partial charge in [0.1, 0.15) is 0 Å². The predicted octanol–water partition coefficient (Wildman–Crippen LogP) is 1.88. The van der Waals surface area contributed by atoms with Crippen molar-refractivity contribution in [2.45, 2.75) is 5.09 Å². The lowest BCUT2D eigenvalue weighted by Gasteiger charge is -2.30. The summed E-state index contributed by atoms with van der Waals surface area (Å²) in [6.07, 6.45) is 2.96. The number of nitrogens with one attached hydrogen (secondary N) is 1. The monoisotopic (exact) mass is 331 g/mol. The number of anilines is 1. The Morgan fingerprint density at radius 3 is 2.61 bits per heavy atom. The third kappa shape index (κ3) is 2.32. The van der Waals surface area contributed by atoms with Gasteiger partial charge in [0.15, 0.2) is 0 Å². The highest BCUT2D eigenvalue weighted by Crippen LogP contribution is 2.30. The lowest BCUT2D eigenvalue weighted by Crippen LogP contribution is -2.43. The van der Waals surface area contributed by atoms with Crippen molar-refractivity contribution in [2.75, 3.05) is 31.1 Å². The summed E-state index contributed by atoms with van der Waals surface area (Å²) in [4.78, 5) is 2.28. The fourth-order valence-corrected chi connectivity index (χ4v) is 4.29. The van der Waals surface area contributed by atoms with Gasteiger partial charge < -0.3 is 14.6 Å². The smallest absolute Gasteiger partial charge is 0.301 e. The first-order valence-electron chi connectivity index (χ1n) is 7.53. The molecule has 0 unspecified atom stereocenters. The van der Waals surface area contributed by atoms with Gasteiger partial charge in [-0.05, 0) is 30.3 Å². The van der Waals surface area contributed by atoms with E-state index in [1.807, 2.05) is 24.3 Å². The van der Waals surface area contributed by atoms with Gasteiger partial charge in [-0.15, -0.1) is 0 Å². The van der Waals surface area contributed by atoms with E-state index in [2.05, 4.69) is 10.2 Å². The van der Waals surface area contributed by atoms with E-state index in [1.54, 1.807) is 12.3 Å². The molecule has 0 atom stereocenters. The average Bonchev–Trinajstić information content (AvgIpc) is 3.25. The molecule has 0 amide bonds. The quantitative estimate of drug-likeness (QED) is 0.794. The second kappa shape index (κ2) is 5.43. The third-order valence-corrected chi connectivity index (χ3v) is 5.72. The largest absolute Gasteiger partial charge is 0.451 e. The Morgan fingerprint density at radius 1 is 1.04 bits per heavy atom. The molecule has 2 aromatic heterocycles. The molecule has 0 bridgehead atoms. The van der Waals surface area contributed by atoms with Crippen molar-refractivity contribution in [2.24, 2.45) is 0 Å². The van der Waals surface area contributed by atoms with Crippen LogP contribution in [0.4, 0.5) is 5.69 Å². The lowest BCUT2D eigenvalue weighted by atomic mass is 10.2. The summed E-state index contributed by atoms with van der Waals surface area (Å²) in [5.41, 5.74) is 1.73. The molecule has 0 spiro atoms. The van der Waals surface area contributed by atoms with Crippen molar-refractivity contribution in [3.8, 4) is 0 Å². The molecule has 1 fully saturated rings. The fraction of sp³-hybridized carbons (Fsp3) is 0.250. The van der Waals surface area contributed by atoms with Gasteiger partial charge in [0.25, 0.3) is 0 Å². The van der Waals surface area contributed by atoms with Crippen molar-refractivity contribution < 1.29 is 12.8 Å². The first kappa shape index (κ1) is 14.3. The number of furan rings is 1. The van der Waals surface area contributed by atoms with Gasteiger partial charge in [-0.1, -0.05) is 6.07 Å². The van der Waals surface area contributed by atoms with Crippen LogP contribution in [0.15, 0.2) is 58.4 Å². The minimum Gasteiger partial charge on any atom is -0.451 e. The lowest BCUT2D eigenvalue weighted by molar-refractivity contribution is 0.447. The van der Waals surface area contributed by atoms with Crippen LogP contribution in [0.5, 0.6) is 0 Å². The van der Waals surface area contributed by atoms with Crippen molar-refractivity contribution >= 4 is 26.6 Å². The number of benzene rings is 1. The molecule has 1 aromatic carbocycles. The standard InChI is InChI=1S/C16H17N3O3S/c20-23(21,16-5-2-12-22-16)19-9-6-13-14(3-1-4-15(13)19)18-10-7-17-8-11-18/h1-6,9,12,17H,7-8,10-11H2. The third-order valence-electron chi connectivity index (χ3n) is 4.14. The molecule has 4 rings (SSSR count). The molecule has 0 aliphatic carbocycles. The Balaban J connectivity index is 1.85. The summed E-state index contributed by atoms with van der Waals surface area (Å²) in [6.45, 7) is 3.69. The van der Waals surface area contributed by atoms with Crippen molar-refractivity contribution in [3.63, 3.8) is 0 Å². The molecule has 6 nitrogen and oxygen atoms in total. The maximum absolute atomic E-state index is 12.7. The molecule has 1 aliphatic heterocycles. The molecule has 1 N–H and O–H groups in total. The molecule has 23 heavy (non-hydrogen) atoms. The number of aromatic nitrogens is 1. The minimum absolute atomic E-state index is 0.0532. The highest BCUT2D eigenvalue weighted by Gasteiger charge is 2.23. The molecular weight excluding hydrogens is 314 g/mol. The zero-order chi connectivity index (χ0) is 15.9. The number of rotatable bonds is 3. The van der Waals surface area contributed by atoms with Crippen LogP contribution >= 0.6 is 0 Å². The van der Waals surface area contributed by atoms with E-state index in [9.17, 15) is 8.42 Å². The first-order valence-corrected chi connectivity index (χ1v) is 8.97. The predicted molar refractivity (Wildman–Crippen MR) is 88.3 cm³/mol. The van der Waals surface area contributed by atoms with E-state index in [0.29, 0.717) is 5.52 Å². The van der Waals surface area contributed by atoms with Gasteiger partial charge in [-0.3, -0.25) is 0 Å². The van der Waals surface area contributed by atoms with E-state index in [-0.39, 0.29) is 5.09 Å². The summed E-state index contributed by atoms with van der Waals surface area (Å²) in [5, 5.41) is 4.21. The van der Waals surface area contributed by atoms with Gasteiger partial charge in [0, 0.05) is 43.4 Å². The maximum Gasteiger partial charge on any atom is 0.301 e. The molecule has 3 heterocycles.